The Morgan fingerprint density at radius 2 is 2.10 bits per heavy atom. The van der Waals surface area contributed by atoms with E-state index in [1.807, 2.05) is 37.4 Å². The number of fused-ring (bicyclic) bond motifs is 1. The highest BCUT2D eigenvalue weighted by molar-refractivity contribution is 7.09. The van der Waals surface area contributed by atoms with E-state index >= 15 is 0 Å². The average molecular weight is 320 g/mol. The highest BCUT2D eigenvalue weighted by Gasteiger charge is 2.19. The summed E-state index contributed by atoms with van der Waals surface area (Å²) in [4.78, 5) is 21.8. The van der Waals surface area contributed by atoms with Crippen LogP contribution in [0.25, 0.3) is 10.9 Å². The maximum atomic E-state index is 12.8. The van der Waals surface area contributed by atoms with Gasteiger partial charge in [-0.15, -0.1) is 22.9 Å². The molecular formula is C15H14ClN3OS. The number of hydrogen-bond donors (Lipinski definition) is 0. The van der Waals surface area contributed by atoms with Gasteiger partial charge in [0.25, 0.3) is 5.56 Å². The number of benzene rings is 1. The molecule has 0 aliphatic heterocycles. The molecule has 0 radical (unpaired) electrons. The topological polar surface area (TPSA) is 47.8 Å². The minimum absolute atomic E-state index is 0.0726. The second-order valence-corrected chi connectivity index (χ2v) is 6.01. The minimum atomic E-state index is -0.179. The van der Waals surface area contributed by atoms with Crippen LogP contribution in [0.15, 0.2) is 34.4 Å². The zero-order chi connectivity index (χ0) is 15.0. The smallest absolute Gasteiger partial charge is 0.262 e. The third-order valence-corrected chi connectivity index (χ3v) is 4.75. The van der Waals surface area contributed by atoms with Crippen LogP contribution in [0.2, 0.25) is 0 Å². The molecule has 3 aromatic rings. The Labute approximate surface area is 131 Å². The van der Waals surface area contributed by atoms with Gasteiger partial charge in [0.05, 0.1) is 22.8 Å². The van der Waals surface area contributed by atoms with Crippen molar-refractivity contribution in [3.8, 4) is 0 Å². The van der Waals surface area contributed by atoms with Gasteiger partial charge < -0.3 is 0 Å². The van der Waals surface area contributed by atoms with Crippen LogP contribution in [0, 0.1) is 6.92 Å². The van der Waals surface area contributed by atoms with Gasteiger partial charge in [-0.1, -0.05) is 12.1 Å². The van der Waals surface area contributed by atoms with E-state index in [4.69, 9.17) is 11.6 Å². The lowest BCUT2D eigenvalue weighted by atomic mass is 10.2. The van der Waals surface area contributed by atoms with Crippen molar-refractivity contribution in [2.75, 3.05) is 0 Å². The largest absolute Gasteiger partial charge is 0.285 e. The SMILES string of the molecule is Cc1csc(C(C)n2c(CCl)nc3ccccc3c2=O)n1. The third-order valence-electron chi connectivity index (χ3n) is 3.38. The van der Waals surface area contributed by atoms with Crippen LogP contribution in [-0.4, -0.2) is 14.5 Å². The first-order valence-corrected chi connectivity index (χ1v) is 8.01. The van der Waals surface area contributed by atoms with Gasteiger partial charge in [0.1, 0.15) is 10.8 Å². The molecule has 0 bridgehead atoms. The second-order valence-electron chi connectivity index (χ2n) is 4.86. The molecule has 1 aromatic carbocycles. The Kier molecular flexibility index (Phi) is 3.78. The molecule has 0 saturated heterocycles. The van der Waals surface area contributed by atoms with Crippen LogP contribution in [0.4, 0.5) is 0 Å². The van der Waals surface area contributed by atoms with E-state index in [9.17, 15) is 4.79 Å². The number of para-hydroxylation sites is 1. The summed E-state index contributed by atoms with van der Waals surface area (Å²) in [6.07, 6.45) is 0. The molecule has 6 heteroatoms. The first-order chi connectivity index (χ1) is 10.1. The van der Waals surface area contributed by atoms with Gasteiger partial charge in [0.2, 0.25) is 0 Å². The number of halogens is 1. The van der Waals surface area contributed by atoms with Gasteiger partial charge in [-0.05, 0) is 26.0 Å². The van der Waals surface area contributed by atoms with E-state index in [2.05, 4.69) is 9.97 Å². The zero-order valence-corrected chi connectivity index (χ0v) is 13.3. The standard InChI is InChI=1S/C15H14ClN3OS/c1-9-8-21-14(17-9)10(2)19-13(7-16)18-12-6-4-3-5-11(12)15(19)20/h3-6,8,10H,7H2,1-2H3. The van der Waals surface area contributed by atoms with Crippen molar-refractivity contribution in [1.82, 2.24) is 14.5 Å². The summed E-state index contributed by atoms with van der Waals surface area (Å²) < 4.78 is 1.65. The monoisotopic (exact) mass is 319 g/mol. The maximum Gasteiger partial charge on any atom is 0.262 e. The zero-order valence-electron chi connectivity index (χ0n) is 11.7. The van der Waals surface area contributed by atoms with Crippen LogP contribution in [0.5, 0.6) is 0 Å². The molecule has 108 valence electrons. The number of nitrogens with zero attached hydrogens (tertiary/aromatic N) is 3. The molecule has 0 saturated carbocycles. The number of aryl methyl sites for hydroxylation is 1. The predicted octanol–water partition coefficient (Wildman–Crippen LogP) is 3.51. The average Bonchev–Trinajstić information content (AvgIpc) is 2.93. The summed E-state index contributed by atoms with van der Waals surface area (Å²) >= 11 is 7.55. The lowest BCUT2D eigenvalue weighted by Crippen LogP contribution is -2.28. The summed E-state index contributed by atoms with van der Waals surface area (Å²) in [7, 11) is 0. The van der Waals surface area contributed by atoms with Crippen LogP contribution < -0.4 is 5.56 Å². The van der Waals surface area contributed by atoms with Crippen molar-refractivity contribution in [3.63, 3.8) is 0 Å². The number of alkyl halides is 1. The molecule has 2 heterocycles. The van der Waals surface area contributed by atoms with Crippen molar-refractivity contribution in [2.24, 2.45) is 0 Å². The summed E-state index contributed by atoms with van der Waals surface area (Å²) in [5.41, 5.74) is 1.56. The molecule has 3 rings (SSSR count). The van der Waals surface area contributed by atoms with E-state index in [0.717, 1.165) is 10.7 Å². The number of hydrogen-bond acceptors (Lipinski definition) is 4. The first-order valence-electron chi connectivity index (χ1n) is 6.60. The molecule has 0 fully saturated rings. The molecular weight excluding hydrogens is 306 g/mol. The highest BCUT2D eigenvalue weighted by Crippen LogP contribution is 2.23. The van der Waals surface area contributed by atoms with Crippen LogP contribution in [0.3, 0.4) is 0 Å². The Bertz CT molecular complexity index is 855. The van der Waals surface area contributed by atoms with Gasteiger partial charge in [-0.25, -0.2) is 9.97 Å². The van der Waals surface area contributed by atoms with E-state index < -0.39 is 0 Å². The number of aromatic nitrogens is 3. The molecule has 1 unspecified atom stereocenters. The fourth-order valence-electron chi connectivity index (χ4n) is 2.36. The maximum absolute atomic E-state index is 12.8. The van der Waals surface area contributed by atoms with Crippen LogP contribution >= 0.6 is 22.9 Å². The van der Waals surface area contributed by atoms with Crippen LogP contribution in [-0.2, 0) is 5.88 Å². The normalized spacial score (nSPS) is 12.7. The number of thiazole rings is 1. The summed E-state index contributed by atoms with van der Waals surface area (Å²) in [6, 6.07) is 7.15. The lowest BCUT2D eigenvalue weighted by molar-refractivity contribution is 0.580. The van der Waals surface area contributed by atoms with Gasteiger partial charge in [-0.3, -0.25) is 9.36 Å². The van der Waals surface area contributed by atoms with Crippen molar-refractivity contribution < 1.29 is 0 Å². The summed E-state index contributed by atoms with van der Waals surface area (Å²) in [5.74, 6) is 0.759. The quantitative estimate of drug-likeness (QED) is 0.694. The summed E-state index contributed by atoms with van der Waals surface area (Å²) in [5, 5.41) is 3.47. The Balaban J connectivity index is 2.25. The molecule has 0 spiro atoms. The van der Waals surface area contributed by atoms with Gasteiger partial charge in [0.15, 0.2) is 0 Å². The van der Waals surface area contributed by atoms with Gasteiger partial charge in [-0.2, -0.15) is 0 Å². The van der Waals surface area contributed by atoms with Crippen LogP contribution in [0.1, 0.15) is 29.5 Å². The van der Waals surface area contributed by atoms with E-state index in [1.165, 1.54) is 0 Å². The Morgan fingerprint density at radius 1 is 1.33 bits per heavy atom. The molecule has 0 N–H and O–H groups in total. The van der Waals surface area contributed by atoms with Crippen molar-refractivity contribution >= 4 is 33.8 Å². The van der Waals surface area contributed by atoms with Crippen molar-refractivity contribution in [3.05, 3.63) is 56.5 Å². The molecule has 1 atom stereocenters. The molecule has 4 nitrogen and oxygen atoms in total. The third kappa shape index (κ3) is 2.47. The van der Waals surface area contributed by atoms with E-state index in [1.54, 1.807) is 22.0 Å². The van der Waals surface area contributed by atoms with Crippen molar-refractivity contribution in [1.29, 1.82) is 0 Å². The summed E-state index contributed by atoms with van der Waals surface area (Å²) in [6.45, 7) is 3.89. The first kappa shape index (κ1) is 14.2. The van der Waals surface area contributed by atoms with E-state index in [-0.39, 0.29) is 17.5 Å². The lowest BCUT2D eigenvalue weighted by Gasteiger charge is -2.17. The van der Waals surface area contributed by atoms with E-state index in [0.29, 0.717) is 16.7 Å². The second kappa shape index (κ2) is 5.58. The van der Waals surface area contributed by atoms with Crippen molar-refractivity contribution in [2.45, 2.75) is 25.8 Å². The molecule has 0 aliphatic carbocycles. The molecule has 0 aliphatic rings. The Hall–Kier alpha value is -1.72. The fourth-order valence-corrected chi connectivity index (χ4v) is 3.39. The predicted molar refractivity (Wildman–Crippen MR) is 86.2 cm³/mol. The fraction of sp³-hybridized carbons (Fsp3) is 0.267. The van der Waals surface area contributed by atoms with Gasteiger partial charge in [0, 0.05) is 11.1 Å². The number of rotatable bonds is 3. The molecule has 0 amide bonds. The molecule has 2 aromatic heterocycles. The minimum Gasteiger partial charge on any atom is -0.285 e. The highest BCUT2D eigenvalue weighted by atomic mass is 35.5. The molecule has 21 heavy (non-hydrogen) atoms. The van der Waals surface area contributed by atoms with Gasteiger partial charge >= 0.3 is 0 Å². The Morgan fingerprint density at radius 3 is 2.76 bits per heavy atom.